The Labute approximate surface area is 166 Å². The van der Waals surface area contributed by atoms with E-state index in [2.05, 4.69) is 25.7 Å². The van der Waals surface area contributed by atoms with Gasteiger partial charge in [0.15, 0.2) is 12.6 Å². The van der Waals surface area contributed by atoms with Gasteiger partial charge in [-0.2, -0.15) is 18.3 Å². The number of hydrogen-bond acceptors (Lipinski definition) is 4. The van der Waals surface area contributed by atoms with Gasteiger partial charge in [-0.05, 0) is 17.7 Å². The van der Waals surface area contributed by atoms with Gasteiger partial charge in [0.2, 0.25) is 0 Å². The molecule has 0 spiro atoms. The number of nitrogens with one attached hydrogen (secondary N) is 2. The number of hydrogen-bond donors (Lipinski definition) is 2. The first-order valence-electron chi connectivity index (χ1n) is 7.43. The van der Waals surface area contributed by atoms with E-state index in [0.717, 1.165) is 11.4 Å². The molecule has 0 saturated heterocycles. The summed E-state index contributed by atoms with van der Waals surface area (Å²) in [7, 11) is 3.40. The quantitative estimate of drug-likeness (QED) is 0.374. The van der Waals surface area contributed by atoms with Crippen LogP contribution in [0.5, 0.6) is 5.75 Å². The molecule has 0 aliphatic carbocycles. The molecular formula is C15H20F3IN6O. The standard InChI is InChI=1S/C15H19F3N6O.HI/c1-19-14(21-8-13-22-10-23-24(13)2)20-7-11-4-3-5-12(6-11)25-9-15(16,17)18;/h3-6,10H,7-9H2,1-2H3,(H2,19,20,21);1H. The molecule has 0 aliphatic heterocycles. The first kappa shape index (κ1) is 22.0. The monoisotopic (exact) mass is 484 g/mol. The van der Waals surface area contributed by atoms with E-state index in [-0.39, 0.29) is 29.7 Å². The van der Waals surface area contributed by atoms with Crippen molar-refractivity contribution in [2.24, 2.45) is 12.0 Å². The molecule has 0 aliphatic rings. The minimum atomic E-state index is -4.36. The van der Waals surface area contributed by atoms with E-state index < -0.39 is 12.8 Å². The predicted octanol–water partition coefficient (Wildman–Crippen LogP) is 2.24. The van der Waals surface area contributed by atoms with Crippen molar-refractivity contribution in [2.75, 3.05) is 13.7 Å². The summed E-state index contributed by atoms with van der Waals surface area (Å²) in [6, 6.07) is 6.45. The molecular weight excluding hydrogens is 464 g/mol. The van der Waals surface area contributed by atoms with Crippen LogP contribution in [0.15, 0.2) is 35.6 Å². The zero-order valence-corrected chi connectivity index (χ0v) is 16.6. The van der Waals surface area contributed by atoms with Crippen molar-refractivity contribution in [3.8, 4) is 5.75 Å². The molecule has 11 heteroatoms. The molecule has 0 fully saturated rings. The summed E-state index contributed by atoms with van der Waals surface area (Å²) >= 11 is 0. The fourth-order valence-electron chi connectivity index (χ4n) is 1.96. The maximum Gasteiger partial charge on any atom is 0.422 e. The third-order valence-electron chi connectivity index (χ3n) is 3.20. The fraction of sp³-hybridized carbons (Fsp3) is 0.400. The number of guanidine groups is 1. The second-order valence-corrected chi connectivity index (χ2v) is 5.13. The summed E-state index contributed by atoms with van der Waals surface area (Å²) in [5.74, 6) is 1.44. The molecule has 1 heterocycles. The summed E-state index contributed by atoms with van der Waals surface area (Å²) in [4.78, 5) is 8.17. The van der Waals surface area contributed by atoms with Gasteiger partial charge in [-0.25, -0.2) is 4.98 Å². The lowest BCUT2D eigenvalue weighted by molar-refractivity contribution is -0.153. The second kappa shape index (κ2) is 10.2. The van der Waals surface area contributed by atoms with Gasteiger partial charge >= 0.3 is 6.18 Å². The molecule has 2 rings (SSSR count). The maximum absolute atomic E-state index is 12.2. The van der Waals surface area contributed by atoms with Gasteiger partial charge in [-0.3, -0.25) is 9.67 Å². The number of rotatable bonds is 6. The van der Waals surface area contributed by atoms with E-state index in [1.54, 1.807) is 37.0 Å². The summed E-state index contributed by atoms with van der Waals surface area (Å²) < 4.78 is 43.0. The van der Waals surface area contributed by atoms with Crippen LogP contribution in [0.2, 0.25) is 0 Å². The molecule has 1 aromatic carbocycles. The van der Waals surface area contributed by atoms with E-state index in [0.29, 0.717) is 19.0 Å². The van der Waals surface area contributed by atoms with Gasteiger partial charge < -0.3 is 15.4 Å². The average molecular weight is 484 g/mol. The predicted molar refractivity (Wildman–Crippen MR) is 101 cm³/mol. The smallest absolute Gasteiger partial charge is 0.422 e. The Morgan fingerprint density at radius 3 is 2.62 bits per heavy atom. The van der Waals surface area contributed by atoms with Crippen molar-refractivity contribution in [1.82, 2.24) is 25.4 Å². The van der Waals surface area contributed by atoms with Crippen molar-refractivity contribution in [3.63, 3.8) is 0 Å². The molecule has 0 bridgehead atoms. The first-order valence-corrected chi connectivity index (χ1v) is 7.43. The second-order valence-electron chi connectivity index (χ2n) is 5.13. The molecule has 0 amide bonds. The van der Waals surface area contributed by atoms with Crippen LogP contribution in [0.25, 0.3) is 0 Å². The SMILES string of the molecule is CN=C(NCc1cccc(OCC(F)(F)F)c1)NCc1ncnn1C.I. The van der Waals surface area contributed by atoms with Crippen LogP contribution in [0.3, 0.4) is 0 Å². The van der Waals surface area contributed by atoms with Crippen molar-refractivity contribution in [2.45, 2.75) is 19.3 Å². The van der Waals surface area contributed by atoms with E-state index in [1.165, 1.54) is 12.4 Å². The highest BCUT2D eigenvalue weighted by Crippen LogP contribution is 2.19. The van der Waals surface area contributed by atoms with Crippen LogP contribution in [0, 0.1) is 0 Å². The van der Waals surface area contributed by atoms with Crippen molar-refractivity contribution >= 4 is 29.9 Å². The summed E-state index contributed by atoms with van der Waals surface area (Å²) in [5, 5.41) is 10.1. The molecule has 0 radical (unpaired) electrons. The summed E-state index contributed by atoms with van der Waals surface area (Å²) in [6.45, 7) is -0.503. The van der Waals surface area contributed by atoms with E-state index in [1.807, 2.05) is 0 Å². The Kier molecular flexibility index (Phi) is 8.61. The van der Waals surface area contributed by atoms with Gasteiger partial charge in [0.1, 0.15) is 17.9 Å². The first-order chi connectivity index (χ1) is 11.9. The zero-order chi connectivity index (χ0) is 18.3. The normalized spacial score (nSPS) is 11.7. The number of aromatic nitrogens is 3. The molecule has 1 aromatic heterocycles. The van der Waals surface area contributed by atoms with Crippen molar-refractivity contribution < 1.29 is 17.9 Å². The molecule has 2 aromatic rings. The number of halogens is 4. The van der Waals surface area contributed by atoms with Crippen molar-refractivity contribution in [1.29, 1.82) is 0 Å². The third kappa shape index (κ3) is 7.45. The number of alkyl halides is 3. The maximum atomic E-state index is 12.2. The molecule has 144 valence electrons. The van der Waals surface area contributed by atoms with Crippen LogP contribution in [0.4, 0.5) is 13.2 Å². The fourth-order valence-corrected chi connectivity index (χ4v) is 1.96. The summed E-state index contributed by atoms with van der Waals surface area (Å²) in [5.41, 5.74) is 0.765. The molecule has 0 saturated carbocycles. The number of nitrogens with zero attached hydrogens (tertiary/aromatic N) is 4. The number of ether oxygens (including phenoxy) is 1. The van der Waals surface area contributed by atoms with Crippen LogP contribution >= 0.6 is 24.0 Å². The Bertz CT molecular complexity index is 719. The van der Waals surface area contributed by atoms with Crippen LogP contribution in [0.1, 0.15) is 11.4 Å². The van der Waals surface area contributed by atoms with Crippen LogP contribution in [-0.2, 0) is 20.1 Å². The molecule has 0 atom stereocenters. The lowest BCUT2D eigenvalue weighted by atomic mass is 10.2. The van der Waals surface area contributed by atoms with Crippen LogP contribution in [-0.4, -0.2) is 40.6 Å². The van der Waals surface area contributed by atoms with Gasteiger partial charge in [-0.15, -0.1) is 24.0 Å². The highest BCUT2D eigenvalue weighted by atomic mass is 127. The number of aliphatic imine (C=N–C) groups is 1. The largest absolute Gasteiger partial charge is 0.484 e. The Hall–Kier alpha value is -2.05. The lowest BCUT2D eigenvalue weighted by Gasteiger charge is -2.13. The average Bonchev–Trinajstić information content (AvgIpc) is 2.98. The molecule has 0 unspecified atom stereocenters. The van der Waals surface area contributed by atoms with Gasteiger partial charge in [0.05, 0.1) is 6.54 Å². The van der Waals surface area contributed by atoms with Crippen LogP contribution < -0.4 is 15.4 Å². The van der Waals surface area contributed by atoms with E-state index >= 15 is 0 Å². The summed E-state index contributed by atoms with van der Waals surface area (Å²) in [6.07, 6.45) is -2.90. The Morgan fingerprint density at radius 1 is 1.27 bits per heavy atom. The minimum Gasteiger partial charge on any atom is -0.484 e. The minimum absolute atomic E-state index is 0. The molecule has 7 nitrogen and oxygen atoms in total. The van der Waals surface area contributed by atoms with Crippen molar-refractivity contribution in [3.05, 3.63) is 42.0 Å². The highest BCUT2D eigenvalue weighted by Gasteiger charge is 2.28. The Balaban J connectivity index is 0.00000338. The van der Waals surface area contributed by atoms with Gasteiger partial charge in [0.25, 0.3) is 0 Å². The number of benzene rings is 1. The Morgan fingerprint density at radius 2 is 2.00 bits per heavy atom. The van der Waals surface area contributed by atoms with E-state index in [9.17, 15) is 13.2 Å². The lowest BCUT2D eigenvalue weighted by Crippen LogP contribution is -2.36. The van der Waals surface area contributed by atoms with E-state index in [4.69, 9.17) is 4.74 Å². The van der Waals surface area contributed by atoms with Gasteiger partial charge in [0, 0.05) is 20.6 Å². The number of aryl methyl sites for hydroxylation is 1. The molecule has 26 heavy (non-hydrogen) atoms. The topological polar surface area (TPSA) is 76.4 Å². The molecule has 2 N–H and O–H groups in total. The van der Waals surface area contributed by atoms with Gasteiger partial charge in [-0.1, -0.05) is 12.1 Å². The third-order valence-corrected chi connectivity index (χ3v) is 3.20. The highest BCUT2D eigenvalue weighted by molar-refractivity contribution is 14.0. The zero-order valence-electron chi connectivity index (χ0n) is 14.2.